The highest BCUT2D eigenvalue weighted by atomic mass is 32.2. The van der Waals surface area contributed by atoms with Gasteiger partial charge < -0.3 is 0 Å². The molecule has 0 saturated carbocycles. The molecule has 0 aliphatic carbocycles. The molecule has 1 rings (SSSR count). The van der Waals surface area contributed by atoms with Crippen molar-refractivity contribution in [3.05, 3.63) is 34.6 Å². The second-order valence-corrected chi connectivity index (χ2v) is 7.57. The SMILES string of the molecule is CC(=NS(=O)C(C)(C)C)c1cc(F)cc(C(F)(F)F)c1C. The molecule has 0 radical (unpaired) electrons. The minimum atomic E-state index is -4.65. The van der Waals surface area contributed by atoms with Crippen molar-refractivity contribution in [1.82, 2.24) is 0 Å². The lowest BCUT2D eigenvalue weighted by Crippen LogP contribution is -2.21. The van der Waals surface area contributed by atoms with Gasteiger partial charge in [-0.1, -0.05) is 0 Å². The number of hydrogen-bond donors (Lipinski definition) is 0. The Morgan fingerprint density at radius 2 is 1.71 bits per heavy atom. The molecule has 0 aliphatic heterocycles. The van der Waals surface area contributed by atoms with Gasteiger partial charge in [0.25, 0.3) is 0 Å². The van der Waals surface area contributed by atoms with Crippen molar-refractivity contribution in [1.29, 1.82) is 0 Å². The summed E-state index contributed by atoms with van der Waals surface area (Å²) in [5.41, 5.74) is -1.05. The first-order valence-corrected chi connectivity index (χ1v) is 7.29. The Hall–Kier alpha value is -1.24. The molecule has 0 N–H and O–H groups in total. The van der Waals surface area contributed by atoms with E-state index in [0.29, 0.717) is 6.07 Å². The van der Waals surface area contributed by atoms with Crippen LogP contribution in [0.5, 0.6) is 0 Å². The van der Waals surface area contributed by atoms with Crippen molar-refractivity contribution < 1.29 is 21.8 Å². The van der Waals surface area contributed by atoms with Crippen LogP contribution in [-0.2, 0) is 17.2 Å². The average Bonchev–Trinajstić information content (AvgIpc) is 2.28. The van der Waals surface area contributed by atoms with Crippen LogP contribution in [0.2, 0.25) is 0 Å². The minimum absolute atomic E-state index is 0.0138. The highest BCUT2D eigenvalue weighted by molar-refractivity contribution is 7.85. The standard InChI is InChI=1S/C14H17F4NOS/c1-8-11(9(2)19-21(20)13(3,4)5)6-10(15)7-12(8)14(16,17)18/h6-7H,1-5H3. The average molecular weight is 323 g/mol. The smallest absolute Gasteiger partial charge is 0.234 e. The van der Waals surface area contributed by atoms with Gasteiger partial charge in [-0.25, -0.2) is 8.60 Å². The fourth-order valence-corrected chi connectivity index (χ4v) is 2.28. The van der Waals surface area contributed by atoms with Crippen LogP contribution in [-0.4, -0.2) is 14.7 Å². The van der Waals surface area contributed by atoms with E-state index < -0.39 is 33.3 Å². The van der Waals surface area contributed by atoms with Crippen molar-refractivity contribution in [2.75, 3.05) is 0 Å². The molecule has 118 valence electrons. The second-order valence-electron chi connectivity index (χ2n) is 5.66. The quantitative estimate of drug-likeness (QED) is 0.585. The van der Waals surface area contributed by atoms with Crippen LogP contribution in [0.4, 0.5) is 17.6 Å². The lowest BCUT2D eigenvalue weighted by Gasteiger charge is -2.16. The summed E-state index contributed by atoms with van der Waals surface area (Å²) in [4.78, 5) is 0. The molecule has 1 atom stereocenters. The summed E-state index contributed by atoms with van der Waals surface area (Å²) in [5.74, 6) is -1.00. The zero-order valence-corrected chi connectivity index (χ0v) is 13.2. The number of hydrogen-bond acceptors (Lipinski definition) is 1. The third kappa shape index (κ3) is 4.36. The summed E-state index contributed by atoms with van der Waals surface area (Å²) in [6.45, 7) is 7.75. The van der Waals surface area contributed by atoms with Gasteiger partial charge in [0.15, 0.2) is 0 Å². The predicted octanol–water partition coefficient (Wildman–Crippen LogP) is 4.42. The largest absolute Gasteiger partial charge is 0.416 e. The fraction of sp³-hybridized carbons (Fsp3) is 0.500. The summed E-state index contributed by atoms with van der Waals surface area (Å²) < 4.78 is 67.2. The molecule has 1 aromatic carbocycles. The molecule has 1 aromatic rings. The maximum atomic E-state index is 13.4. The summed E-state index contributed by atoms with van der Waals surface area (Å²) in [6, 6.07) is 1.43. The number of benzene rings is 1. The van der Waals surface area contributed by atoms with Gasteiger partial charge in [0.1, 0.15) is 16.8 Å². The van der Waals surface area contributed by atoms with Gasteiger partial charge >= 0.3 is 6.18 Å². The van der Waals surface area contributed by atoms with E-state index in [1.807, 2.05) is 0 Å². The van der Waals surface area contributed by atoms with Crippen molar-refractivity contribution >= 4 is 16.7 Å². The van der Waals surface area contributed by atoms with E-state index in [0.717, 1.165) is 6.07 Å². The zero-order chi connectivity index (χ0) is 16.6. The Balaban J connectivity index is 3.42. The van der Waals surface area contributed by atoms with Gasteiger partial charge in [-0.05, 0) is 52.3 Å². The molecule has 1 unspecified atom stereocenters. The van der Waals surface area contributed by atoms with Gasteiger partial charge in [0, 0.05) is 5.56 Å². The van der Waals surface area contributed by atoms with Crippen LogP contribution in [0.1, 0.15) is 44.4 Å². The van der Waals surface area contributed by atoms with E-state index in [2.05, 4.69) is 4.40 Å². The van der Waals surface area contributed by atoms with Crippen LogP contribution in [0.3, 0.4) is 0 Å². The fourth-order valence-electron chi connectivity index (χ4n) is 1.66. The van der Waals surface area contributed by atoms with Gasteiger partial charge in [-0.15, -0.1) is 0 Å². The summed E-state index contributed by atoms with van der Waals surface area (Å²) in [6.07, 6.45) is -4.65. The number of nitrogens with zero attached hydrogens (tertiary/aromatic N) is 1. The summed E-state index contributed by atoms with van der Waals surface area (Å²) in [7, 11) is -1.63. The molecule has 0 spiro atoms. The third-order valence-electron chi connectivity index (χ3n) is 2.81. The van der Waals surface area contributed by atoms with Gasteiger partial charge in [-0.3, -0.25) is 0 Å². The maximum Gasteiger partial charge on any atom is 0.416 e. The summed E-state index contributed by atoms with van der Waals surface area (Å²) in [5, 5.41) is 0. The molecule has 7 heteroatoms. The Morgan fingerprint density at radius 3 is 2.14 bits per heavy atom. The van der Waals surface area contributed by atoms with Crippen LogP contribution in [0.15, 0.2) is 16.5 Å². The van der Waals surface area contributed by atoms with E-state index >= 15 is 0 Å². The summed E-state index contributed by atoms with van der Waals surface area (Å²) >= 11 is 0. The topological polar surface area (TPSA) is 29.4 Å². The lowest BCUT2D eigenvalue weighted by molar-refractivity contribution is -0.138. The van der Waals surface area contributed by atoms with Crippen LogP contribution in [0.25, 0.3) is 0 Å². The molecule has 21 heavy (non-hydrogen) atoms. The van der Waals surface area contributed by atoms with Crippen LogP contribution >= 0.6 is 0 Å². The highest BCUT2D eigenvalue weighted by Gasteiger charge is 2.34. The first kappa shape index (κ1) is 17.8. The van der Waals surface area contributed by atoms with E-state index in [9.17, 15) is 21.8 Å². The molecule has 0 amide bonds. The minimum Gasteiger partial charge on any atom is -0.234 e. The lowest BCUT2D eigenvalue weighted by atomic mass is 9.99. The van der Waals surface area contributed by atoms with Gasteiger partial charge in [0.05, 0.1) is 16.0 Å². The Bertz CT molecular complexity index is 600. The Kier molecular flexibility index (Phi) is 4.98. The van der Waals surface area contributed by atoms with Gasteiger partial charge in [-0.2, -0.15) is 17.6 Å². The predicted molar refractivity (Wildman–Crippen MR) is 76.2 cm³/mol. The van der Waals surface area contributed by atoms with Crippen molar-refractivity contribution in [3.63, 3.8) is 0 Å². The highest BCUT2D eigenvalue weighted by Crippen LogP contribution is 2.34. The molecule has 0 aromatic heterocycles. The normalized spacial score (nSPS) is 15.2. The molecule has 0 fully saturated rings. The van der Waals surface area contributed by atoms with Crippen LogP contribution in [0, 0.1) is 12.7 Å². The molecule has 0 saturated heterocycles. The van der Waals surface area contributed by atoms with E-state index in [-0.39, 0.29) is 16.8 Å². The molecule has 0 heterocycles. The molecular formula is C14H17F4NOS. The Morgan fingerprint density at radius 1 is 1.19 bits per heavy atom. The number of alkyl halides is 3. The number of rotatable bonds is 2. The van der Waals surface area contributed by atoms with Crippen molar-refractivity contribution in [2.24, 2.45) is 4.40 Å². The van der Waals surface area contributed by atoms with Gasteiger partial charge in [0.2, 0.25) is 0 Å². The molecule has 0 bridgehead atoms. The molecule has 0 aliphatic rings. The monoisotopic (exact) mass is 323 g/mol. The second kappa shape index (κ2) is 5.87. The third-order valence-corrected chi connectivity index (χ3v) is 4.30. The molecule has 2 nitrogen and oxygen atoms in total. The maximum absolute atomic E-state index is 13.4. The van der Waals surface area contributed by atoms with Crippen molar-refractivity contribution in [2.45, 2.75) is 45.5 Å². The number of halogens is 4. The zero-order valence-electron chi connectivity index (χ0n) is 12.4. The van der Waals surface area contributed by atoms with Crippen molar-refractivity contribution in [3.8, 4) is 0 Å². The molecular weight excluding hydrogens is 306 g/mol. The Labute approximate surface area is 123 Å². The van der Waals surface area contributed by atoms with E-state index in [1.165, 1.54) is 13.8 Å². The van der Waals surface area contributed by atoms with E-state index in [1.54, 1.807) is 20.8 Å². The van der Waals surface area contributed by atoms with Crippen LogP contribution < -0.4 is 0 Å². The van der Waals surface area contributed by atoms with E-state index in [4.69, 9.17) is 0 Å². The first-order valence-electron chi connectivity index (χ1n) is 6.19. The first-order chi connectivity index (χ1) is 9.34.